The van der Waals surface area contributed by atoms with Crippen molar-refractivity contribution in [1.82, 2.24) is 10.2 Å². The standard InChI is InChI=1S/C11H18N2O/c1-7-8(2)13(11(4,5)6)9(3)12-10(7)14/h3H2,1-2,4-6H3,(H,12,14). The largest absolute Gasteiger partial charge is 0.327 e. The minimum absolute atomic E-state index is 0.0481. The third-order valence-electron chi connectivity index (χ3n) is 2.42. The monoisotopic (exact) mass is 194 g/mol. The molecule has 0 aromatic heterocycles. The molecule has 3 heteroatoms. The first-order valence-electron chi connectivity index (χ1n) is 4.73. The van der Waals surface area contributed by atoms with Gasteiger partial charge < -0.3 is 10.2 Å². The van der Waals surface area contributed by atoms with Crippen molar-refractivity contribution in [2.75, 3.05) is 0 Å². The van der Waals surface area contributed by atoms with Gasteiger partial charge in [0.05, 0.1) is 0 Å². The van der Waals surface area contributed by atoms with Gasteiger partial charge in [-0.05, 0) is 34.6 Å². The van der Waals surface area contributed by atoms with Gasteiger partial charge in [-0.15, -0.1) is 0 Å². The summed E-state index contributed by atoms with van der Waals surface area (Å²) in [7, 11) is 0. The summed E-state index contributed by atoms with van der Waals surface area (Å²) in [5, 5.41) is 2.75. The highest BCUT2D eigenvalue weighted by molar-refractivity contribution is 5.95. The lowest BCUT2D eigenvalue weighted by molar-refractivity contribution is -0.118. The maximum atomic E-state index is 11.4. The highest BCUT2D eigenvalue weighted by atomic mass is 16.2. The summed E-state index contributed by atoms with van der Waals surface area (Å²) in [5.41, 5.74) is 1.68. The molecule has 0 aromatic carbocycles. The summed E-state index contributed by atoms with van der Waals surface area (Å²) in [6, 6.07) is 0. The summed E-state index contributed by atoms with van der Waals surface area (Å²) >= 11 is 0. The van der Waals surface area contributed by atoms with Crippen LogP contribution in [-0.4, -0.2) is 16.3 Å². The minimum atomic E-state index is -0.0594. The Labute approximate surface area is 85.5 Å². The molecule has 1 N–H and O–H groups in total. The van der Waals surface area contributed by atoms with Crippen LogP contribution in [0.2, 0.25) is 0 Å². The zero-order valence-corrected chi connectivity index (χ0v) is 9.56. The van der Waals surface area contributed by atoms with E-state index in [-0.39, 0.29) is 11.4 Å². The molecule has 0 saturated carbocycles. The van der Waals surface area contributed by atoms with E-state index in [2.05, 4.69) is 32.7 Å². The van der Waals surface area contributed by atoms with Crippen LogP contribution in [0.4, 0.5) is 0 Å². The van der Waals surface area contributed by atoms with Crippen molar-refractivity contribution in [3.8, 4) is 0 Å². The van der Waals surface area contributed by atoms with Crippen molar-refractivity contribution in [3.63, 3.8) is 0 Å². The third-order valence-corrected chi connectivity index (χ3v) is 2.42. The second-order valence-electron chi connectivity index (χ2n) is 4.62. The number of hydrogen-bond donors (Lipinski definition) is 1. The van der Waals surface area contributed by atoms with Crippen LogP contribution in [0.3, 0.4) is 0 Å². The van der Waals surface area contributed by atoms with Crippen molar-refractivity contribution in [2.24, 2.45) is 0 Å². The Kier molecular flexibility index (Phi) is 2.44. The van der Waals surface area contributed by atoms with Crippen LogP contribution in [0.15, 0.2) is 23.7 Å². The van der Waals surface area contributed by atoms with Gasteiger partial charge >= 0.3 is 0 Å². The average Bonchev–Trinajstić information content (AvgIpc) is 1.97. The molecule has 0 aromatic rings. The van der Waals surface area contributed by atoms with Gasteiger partial charge in [0.25, 0.3) is 5.91 Å². The van der Waals surface area contributed by atoms with E-state index in [9.17, 15) is 4.79 Å². The number of amides is 1. The minimum Gasteiger partial charge on any atom is -0.327 e. The Hall–Kier alpha value is -1.25. The molecule has 14 heavy (non-hydrogen) atoms. The SMILES string of the molecule is C=C1NC(=O)C(C)=C(C)N1C(C)(C)C. The molecule has 1 heterocycles. The fourth-order valence-electron chi connectivity index (χ4n) is 1.72. The molecule has 0 aliphatic carbocycles. The number of hydrogen-bond acceptors (Lipinski definition) is 2. The van der Waals surface area contributed by atoms with Crippen LogP contribution in [0.5, 0.6) is 0 Å². The van der Waals surface area contributed by atoms with E-state index in [4.69, 9.17) is 0 Å². The Morgan fingerprint density at radius 2 is 1.79 bits per heavy atom. The quantitative estimate of drug-likeness (QED) is 0.639. The highest BCUT2D eigenvalue weighted by Crippen LogP contribution is 2.28. The van der Waals surface area contributed by atoms with E-state index in [1.165, 1.54) is 0 Å². The summed E-state index contributed by atoms with van der Waals surface area (Å²) in [6.07, 6.45) is 0. The molecule has 3 nitrogen and oxygen atoms in total. The van der Waals surface area contributed by atoms with E-state index in [1.54, 1.807) is 0 Å². The van der Waals surface area contributed by atoms with Crippen LogP contribution in [-0.2, 0) is 4.79 Å². The Morgan fingerprint density at radius 1 is 1.29 bits per heavy atom. The predicted molar refractivity (Wildman–Crippen MR) is 57.2 cm³/mol. The first kappa shape index (κ1) is 10.8. The highest BCUT2D eigenvalue weighted by Gasteiger charge is 2.30. The number of carbonyl (C=O) groups is 1. The van der Waals surface area contributed by atoms with Crippen LogP contribution >= 0.6 is 0 Å². The lowest BCUT2D eigenvalue weighted by Gasteiger charge is -2.42. The summed E-state index contributed by atoms with van der Waals surface area (Å²) < 4.78 is 0. The van der Waals surface area contributed by atoms with Crippen LogP contribution in [0, 0.1) is 0 Å². The second-order valence-corrected chi connectivity index (χ2v) is 4.62. The first-order valence-corrected chi connectivity index (χ1v) is 4.73. The van der Waals surface area contributed by atoms with E-state index < -0.39 is 0 Å². The average molecular weight is 194 g/mol. The summed E-state index contributed by atoms with van der Waals surface area (Å²) in [4.78, 5) is 13.5. The van der Waals surface area contributed by atoms with Gasteiger partial charge in [-0.3, -0.25) is 4.79 Å². The number of allylic oxidation sites excluding steroid dienone is 1. The van der Waals surface area contributed by atoms with Crippen molar-refractivity contribution in [3.05, 3.63) is 23.7 Å². The van der Waals surface area contributed by atoms with Gasteiger partial charge in [-0.2, -0.15) is 0 Å². The Balaban J connectivity index is 3.20. The van der Waals surface area contributed by atoms with E-state index in [0.29, 0.717) is 5.82 Å². The third kappa shape index (κ3) is 1.67. The van der Waals surface area contributed by atoms with E-state index >= 15 is 0 Å². The molecule has 1 aliphatic rings. The van der Waals surface area contributed by atoms with Crippen molar-refractivity contribution in [1.29, 1.82) is 0 Å². The van der Waals surface area contributed by atoms with Gasteiger partial charge in [-0.25, -0.2) is 0 Å². The van der Waals surface area contributed by atoms with Gasteiger partial charge in [0.15, 0.2) is 0 Å². The van der Waals surface area contributed by atoms with Crippen LogP contribution in [0.25, 0.3) is 0 Å². The van der Waals surface area contributed by atoms with E-state index in [0.717, 1.165) is 11.3 Å². The van der Waals surface area contributed by atoms with E-state index in [1.807, 2.05) is 18.7 Å². The van der Waals surface area contributed by atoms with Crippen molar-refractivity contribution >= 4 is 5.91 Å². The molecule has 78 valence electrons. The van der Waals surface area contributed by atoms with Gasteiger partial charge in [0.1, 0.15) is 5.82 Å². The molecule has 1 aliphatic heterocycles. The van der Waals surface area contributed by atoms with Gasteiger partial charge in [0, 0.05) is 16.8 Å². The zero-order chi connectivity index (χ0) is 11.1. The molecule has 0 bridgehead atoms. The molecule has 0 spiro atoms. The normalized spacial score (nSPS) is 18.8. The summed E-state index contributed by atoms with van der Waals surface area (Å²) in [5.74, 6) is 0.610. The number of nitrogens with one attached hydrogen (secondary N) is 1. The smallest absolute Gasteiger partial charge is 0.254 e. The number of nitrogens with zero attached hydrogens (tertiary/aromatic N) is 1. The fourth-order valence-corrected chi connectivity index (χ4v) is 1.72. The molecule has 1 rings (SSSR count). The molecule has 0 radical (unpaired) electrons. The van der Waals surface area contributed by atoms with Gasteiger partial charge in [0.2, 0.25) is 0 Å². The predicted octanol–water partition coefficient (Wildman–Crippen LogP) is 1.98. The lowest BCUT2D eigenvalue weighted by atomic mass is 10.0. The summed E-state index contributed by atoms with van der Waals surface area (Å²) in [6.45, 7) is 13.9. The molecular weight excluding hydrogens is 176 g/mol. The van der Waals surface area contributed by atoms with Crippen molar-refractivity contribution < 1.29 is 4.79 Å². The maximum Gasteiger partial charge on any atom is 0.254 e. The topological polar surface area (TPSA) is 32.3 Å². The molecule has 1 amide bonds. The Morgan fingerprint density at radius 3 is 2.21 bits per heavy atom. The fraction of sp³-hybridized carbons (Fsp3) is 0.545. The number of carbonyl (C=O) groups excluding carboxylic acids is 1. The number of rotatable bonds is 0. The zero-order valence-electron chi connectivity index (χ0n) is 9.56. The Bertz CT molecular complexity index is 321. The molecule has 0 fully saturated rings. The second kappa shape index (κ2) is 3.15. The molecule has 0 unspecified atom stereocenters. The molecule has 0 saturated heterocycles. The van der Waals surface area contributed by atoms with Crippen LogP contribution < -0.4 is 5.32 Å². The first-order chi connectivity index (χ1) is 6.25. The van der Waals surface area contributed by atoms with Crippen LogP contribution in [0.1, 0.15) is 34.6 Å². The maximum absolute atomic E-state index is 11.4. The lowest BCUT2D eigenvalue weighted by Crippen LogP contribution is -2.48. The molecular formula is C11H18N2O. The van der Waals surface area contributed by atoms with Gasteiger partial charge in [-0.1, -0.05) is 6.58 Å². The van der Waals surface area contributed by atoms with Crippen molar-refractivity contribution in [2.45, 2.75) is 40.2 Å². The molecule has 0 atom stereocenters.